The molecular formula is C13H20BNO2. The first-order valence-corrected chi connectivity index (χ1v) is 6.09. The second-order valence-electron chi connectivity index (χ2n) is 5.26. The molecule has 4 heteroatoms. The SMILES string of the molecule is CC1(C)OB(c2ccccc2)OC1(C)CCN. The van der Waals surface area contributed by atoms with Crippen molar-refractivity contribution in [1.82, 2.24) is 0 Å². The Kier molecular flexibility index (Phi) is 3.30. The van der Waals surface area contributed by atoms with Crippen LogP contribution >= 0.6 is 0 Å². The molecule has 1 aliphatic heterocycles. The van der Waals surface area contributed by atoms with Gasteiger partial charge in [-0.25, -0.2) is 0 Å². The van der Waals surface area contributed by atoms with E-state index in [4.69, 9.17) is 15.0 Å². The lowest BCUT2D eigenvalue weighted by atomic mass is 9.79. The summed E-state index contributed by atoms with van der Waals surface area (Å²) in [7, 11) is -0.289. The molecule has 0 spiro atoms. The molecule has 92 valence electrons. The molecule has 1 heterocycles. The van der Waals surface area contributed by atoms with E-state index >= 15 is 0 Å². The molecule has 0 radical (unpaired) electrons. The lowest BCUT2D eigenvalue weighted by molar-refractivity contribution is -0.0136. The Labute approximate surface area is 103 Å². The van der Waals surface area contributed by atoms with Crippen LogP contribution in [-0.4, -0.2) is 24.9 Å². The molecule has 1 fully saturated rings. The largest absolute Gasteiger partial charge is 0.494 e. The molecular weight excluding hydrogens is 213 g/mol. The van der Waals surface area contributed by atoms with Gasteiger partial charge in [0.15, 0.2) is 0 Å². The van der Waals surface area contributed by atoms with Gasteiger partial charge in [-0.3, -0.25) is 0 Å². The number of nitrogens with two attached hydrogens (primary N) is 1. The highest BCUT2D eigenvalue weighted by Gasteiger charge is 2.53. The van der Waals surface area contributed by atoms with Crippen molar-refractivity contribution >= 4 is 12.6 Å². The first-order chi connectivity index (χ1) is 7.98. The molecule has 3 nitrogen and oxygen atoms in total. The Bertz CT molecular complexity index is 382. The third kappa shape index (κ3) is 2.25. The van der Waals surface area contributed by atoms with Crippen LogP contribution in [0.5, 0.6) is 0 Å². The van der Waals surface area contributed by atoms with Crippen molar-refractivity contribution in [3.8, 4) is 0 Å². The highest BCUT2D eigenvalue weighted by Crippen LogP contribution is 2.39. The maximum atomic E-state index is 6.09. The Morgan fingerprint density at radius 1 is 1.12 bits per heavy atom. The summed E-state index contributed by atoms with van der Waals surface area (Å²) in [6.45, 7) is 6.80. The number of benzene rings is 1. The minimum atomic E-state index is -0.331. The van der Waals surface area contributed by atoms with Gasteiger partial charge in [-0.1, -0.05) is 30.3 Å². The molecule has 1 atom stereocenters. The summed E-state index contributed by atoms with van der Waals surface area (Å²) in [6, 6.07) is 10.0. The summed E-state index contributed by atoms with van der Waals surface area (Å²) in [6.07, 6.45) is 0.795. The van der Waals surface area contributed by atoms with E-state index in [0.29, 0.717) is 6.54 Å². The molecule has 1 aromatic rings. The van der Waals surface area contributed by atoms with Crippen molar-refractivity contribution in [2.24, 2.45) is 5.73 Å². The summed E-state index contributed by atoms with van der Waals surface area (Å²) in [5.74, 6) is 0. The summed E-state index contributed by atoms with van der Waals surface area (Å²) in [5, 5.41) is 0. The maximum Gasteiger partial charge on any atom is 0.494 e. The zero-order valence-electron chi connectivity index (χ0n) is 10.8. The zero-order chi connectivity index (χ0) is 12.5. The quantitative estimate of drug-likeness (QED) is 0.800. The van der Waals surface area contributed by atoms with Crippen LogP contribution in [0.4, 0.5) is 0 Å². The Hall–Kier alpha value is -0.835. The molecule has 2 rings (SSSR count). The number of hydrogen-bond donors (Lipinski definition) is 1. The van der Waals surface area contributed by atoms with Crippen LogP contribution in [0.15, 0.2) is 30.3 Å². The van der Waals surface area contributed by atoms with E-state index in [1.165, 1.54) is 0 Å². The Balaban J connectivity index is 2.22. The van der Waals surface area contributed by atoms with Gasteiger partial charge in [0.2, 0.25) is 0 Å². The van der Waals surface area contributed by atoms with E-state index in [9.17, 15) is 0 Å². The predicted octanol–water partition coefficient (Wildman–Crippen LogP) is 1.31. The van der Waals surface area contributed by atoms with Crippen molar-refractivity contribution in [3.05, 3.63) is 30.3 Å². The van der Waals surface area contributed by atoms with Gasteiger partial charge in [-0.2, -0.15) is 0 Å². The Morgan fingerprint density at radius 3 is 2.35 bits per heavy atom. The zero-order valence-corrected chi connectivity index (χ0v) is 10.8. The average Bonchev–Trinajstić information content (AvgIpc) is 2.52. The van der Waals surface area contributed by atoms with E-state index in [-0.39, 0.29) is 18.3 Å². The van der Waals surface area contributed by atoms with Gasteiger partial charge in [0.25, 0.3) is 0 Å². The summed E-state index contributed by atoms with van der Waals surface area (Å²) < 4.78 is 12.1. The third-order valence-electron chi connectivity index (χ3n) is 3.74. The van der Waals surface area contributed by atoms with Crippen LogP contribution in [-0.2, 0) is 9.31 Å². The second-order valence-corrected chi connectivity index (χ2v) is 5.26. The molecule has 0 saturated carbocycles. The van der Waals surface area contributed by atoms with Crippen LogP contribution in [0.3, 0.4) is 0 Å². The van der Waals surface area contributed by atoms with E-state index in [1.807, 2.05) is 30.3 Å². The van der Waals surface area contributed by atoms with Crippen LogP contribution in [0, 0.1) is 0 Å². The second kappa shape index (κ2) is 4.44. The summed E-state index contributed by atoms with van der Waals surface area (Å²) in [4.78, 5) is 0. The molecule has 1 unspecified atom stereocenters. The molecule has 1 aromatic carbocycles. The minimum absolute atomic E-state index is 0.289. The lowest BCUT2D eigenvalue weighted by Crippen LogP contribution is -2.46. The lowest BCUT2D eigenvalue weighted by Gasteiger charge is -2.36. The van der Waals surface area contributed by atoms with Crippen molar-refractivity contribution in [2.45, 2.75) is 38.4 Å². The van der Waals surface area contributed by atoms with Crippen LogP contribution in [0.1, 0.15) is 27.2 Å². The predicted molar refractivity (Wildman–Crippen MR) is 70.2 cm³/mol. The van der Waals surface area contributed by atoms with Gasteiger partial charge in [0.05, 0.1) is 11.2 Å². The van der Waals surface area contributed by atoms with E-state index in [0.717, 1.165) is 11.9 Å². The van der Waals surface area contributed by atoms with Gasteiger partial charge in [-0.05, 0) is 39.2 Å². The fourth-order valence-corrected chi connectivity index (χ4v) is 2.18. The standard InChI is InChI=1S/C13H20BNO2/c1-12(2)13(3,9-10-15)17-14(16-12)11-7-5-4-6-8-11/h4-8H,9-10,15H2,1-3H3. The molecule has 17 heavy (non-hydrogen) atoms. The molecule has 0 aromatic heterocycles. The van der Waals surface area contributed by atoms with Gasteiger partial charge in [-0.15, -0.1) is 0 Å². The van der Waals surface area contributed by atoms with Gasteiger partial charge in [0, 0.05) is 0 Å². The number of rotatable bonds is 3. The van der Waals surface area contributed by atoms with Crippen LogP contribution in [0.2, 0.25) is 0 Å². The van der Waals surface area contributed by atoms with Crippen LogP contribution < -0.4 is 11.2 Å². The van der Waals surface area contributed by atoms with Gasteiger partial charge < -0.3 is 15.0 Å². The minimum Gasteiger partial charge on any atom is -0.399 e. The maximum absolute atomic E-state index is 6.09. The first kappa shape index (κ1) is 12.6. The smallest absolute Gasteiger partial charge is 0.399 e. The molecule has 1 saturated heterocycles. The molecule has 0 amide bonds. The van der Waals surface area contributed by atoms with E-state index < -0.39 is 0 Å². The summed E-state index contributed by atoms with van der Waals surface area (Å²) in [5.41, 5.74) is 6.06. The third-order valence-corrected chi connectivity index (χ3v) is 3.74. The van der Waals surface area contributed by atoms with Crippen molar-refractivity contribution < 1.29 is 9.31 Å². The number of hydrogen-bond acceptors (Lipinski definition) is 3. The fourth-order valence-electron chi connectivity index (χ4n) is 2.18. The van der Waals surface area contributed by atoms with Crippen LogP contribution in [0.25, 0.3) is 0 Å². The van der Waals surface area contributed by atoms with Gasteiger partial charge in [0.1, 0.15) is 0 Å². The van der Waals surface area contributed by atoms with E-state index in [1.54, 1.807) is 0 Å². The van der Waals surface area contributed by atoms with Crippen molar-refractivity contribution in [1.29, 1.82) is 0 Å². The highest BCUT2D eigenvalue weighted by molar-refractivity contribution is 6.62. The molecule has 2 N–H and O–H groups in total. The summed E-state index contributed by atoms with van der Waals surface area (Å²) >= 11 is 0. The molecule has 1 aliphatic rings. The monoisotopic (exact) mass is 233 g/mol. The van der Waals surface area contributed by atoms with E-state index in [2.05, 4.69) is 20.8 Å². The van der Waals surface area contributed by atoms with Gasteiger partial charge >= 0.3 is 7.12 Å². The highest BCUT2D eigenvalue weighted by atomic mass is 16.7. The van der Waals surface area contributed by atoms with Crippen molar-refractivity contribution in [3.63, 3.8) is 0 Å². The topological polar surface area (TPSA) is 44.5 Å². The molecule has 0 aliphatic carbocycles. The Morgan fingerprint density at radius 2 is 1.76 bits per heavy atom. The normalized spacial score (nSPS) is 27.4. The average molecular weight is 233 g/mol. The van der Waals surface area contributed by atoms with Crippen molar-refractivity contribution in [2.75, 3.05) is 6.54 Å². The first-order valence-electron chi connectivity index (χ1n) is 6.09. The molecule has 0 bridgehead atoms. The fraction of sp³-hybridized carbons (Fsp3) is 0.538.